The molecule has 1 heteroatoms. The topological polar surface area (TPSA) is 23.8 Å². The average molecular weight is 213 g/mol. The van der Waals surface area contributed by atoms with Crippen LogP contribution in [0.15, 0.2) is 47.1 Å². The molecule has 0 spiro atoms. The van der Waals surface area contributed by atoms with Gasteiger partial charge in [-0.05, 0) is 42.4 Å². The highest BCUT2D eigenvalue weighted by Gasteiger charge is 2.23. The van der Waals surface area contributed by atoms with Crippen molar-refractivity contribution in [2.24, 2.45) is 5.41 Å². The number of hydrogen-bond acceptors (Lipinski definition) is 1. The van der Waals surface area contributed by atoms with Gasteiger partial charge in [0.05, 0.1) is 6.07 Å². The summed E-state index contributed by atoms with van der Waals surface area (Å²) in [4.78, 5) is 0. The van der Waals surface area contributed by atoms with Crippen molar-refractivity contribution in [3.05, 3.63) is 47.1 Å². The van der Waals surface area contributed by atoms with Gasteiger partial charge in [-0.2, -0.15) is 5.26 Å². The van der Waals surface area contributed by atoms with Crippen molar-refractivity contribution < 1.29 is 0 Å². The molecule has 0 aromatic heterocycles. The maximum absolute atomic E-state index is 8.54. The first kappa shape index (κ1) is 12.5. The second-order valence-corrected chi connectivity index (χ2v) is 4.94. The second kappa shape index (κ2) is 4.99. The maximum Gasteiger partial charge on any atom is 0.0914 e. The molecule has 0 saturated heterocycles. The average Bonchev–Trinajstić information content (AvgIpc) is 2.16. The first-order chi connectivity index (χ1) is 7.47. The minimum absolute atomic E-state index is 0.197. The Morgan fingerprint density at radius 2 is 2.19 bits per heavy atom. The van der Waals surface area contributed by atoms with E-state index in [0.29, 0.717) is 0 Å². The third-order valence-corrected chi connectivity index (χ3v) is 2.96. The standard InChI is InChI=1S/C15H19N/c1-12(9-11-16)7-8-14-13(2)6-5-10-15(14,3)4/h5-9H,10H2,1-4H3/b8-7+,12-9+. The van der Waals surface area contributed by atoms with E-state index in [1.165, 1.54) is 11.1 Å². The number of nitrogens with zero attached hydrogens (tertiary/aromatic N) is 1. The van der Waals surface area contributed by atoms with E-state index < -0.39 is 0 Å². The Morgan fingerprint density at radius 3 is 2.75 bits per heavy atom. The van der Waals surface area contributed by atoms with Gasteiger partial charge < -0.3 is 0 Å². The summed E-state index contributed by atoms with van der Waals surface area (Å²) in [6, 6.07) is 2.04. The lowest BCUT2D eigenvalue weighted by atomic mass is 9.75. The van der Waals surface area contributed by atoms with Crippen molar-refractivity contribution in [3.63, 3.8) is 0 Å². The molecule has 0 heterocycles. The Hall–Kier alpha value is -1.55. The van der Waals surface area contributed by atoms with Gasteiger partial charge in [0.1, 0.15) is 0 Å². The fraction of sp³-hybridized carbons (Fsp3) is 0.400. The van der Waals surface area contributed by atoms with Crippen LogP contribution in [0.5, 0.6) is 0 Å². The smallest absolute Gasteiger partial charge is 0.0914 e. The van der Waals surface area contributed by atoms with Crippen LogP contribution in [0.4, 0.5) is 0 Å². The van der Waals surface area contributed by atoms with E-state index in [1.54, 1.807) is 6.08 Å². The molecule has 0 atom stereocenters. The Balaban J connectivity index is 2.99. The van der Waals surface area contributed by atoms with Crippen molar-refractivity contribution in [1.82, 2.24) is 0 Å². The predicted molar refractivity (Wildman–Crippen MR) is 68.7 cm³/mol. The van der Waals surface area contributed by atoms with Gasteiger partial charge in [-0.1, -0.05) is 38.2 Å². The van der Waals surface area contributed by atoms with Crippen LogP contribution in [-0.2, 0) is 0 Å². The van der Waals surface area contributed by atoms with Crippen LogP contribution in [0.1, 0.15) is 34.1 Å². The Kier molecular flexibility index (Phi) is 3.90. The van der Waals surface area contributed by atoms with Crippen molar-refractivity contribution in [2.75, 3.05) is 0 Å². The van der Waals surface area contributed by atoms with E-state index in [4.69, 9.17) is 5.26 Å². The van der Waals surface area contributed by atoms with Gasteiger partial charge in [0.15, 0.2) is 0 Å². The molecule has 1 nitrogen and oxygen atoms in total. The lowest BCUT2D eigenvalue weighted by molar-refractivity contribution is 0.456. The molecule has 0 saturated carbocycles. The number of nitriles is 1. The number of hydrogen-bond donors (Lipinski definition) is 0. The number of allylic oxidation sites excluding steroid dienone is 8. The Labute approximate surface area is 98.5 Å². The van der Waals surface area contributed by atoms with E-state index in [2.05, 4.69) is 39.0 Å². The molecule has 1 rings (SSSR count). The lowest BCUT2D eigenvalue weighted by Crippen LogP contribution is -2.16. The maximum atomic E-state index is 8.54. The van der Waals surface area contributed by atoms with Gasteiger partial charge >= 0.3 is 0 Å². The van der Waals surface area contributed by atoms with Crippen molar-refractivity contribution >= 4 is 0 Å². The molecular formula is C15H19N. The van der Waals surface area contributed by atoms with Crippen molar-refractivity contribution in [1.29, 1.82) is 5.26 Å². The van der Waals surface area contributed by atoms with Gasteiger partial charge in [-0.3, -0.25) is 0 Å². The van der Waals surface area contributed by atoms with E-state index in [9.17, 15) is 0 Å². The molecule has 0 fully saturated rings. The summed E-state index contributed by atoms with van der Waals surface area (Å²) < 4.78 is 0. The van der Waals surface area contributed by atoms with Crippen LogP contribution in [0.3, 0.4) is 0 Å². The number of rotatable bonds is 2. The van der Waals surface area contributed by atoms with E-state index in [1.807, 2.05) is 19.1 Å². The van der Waals surface area contributed by atoms with Gasteiger partial charge in [-0.15, -0.1) is 0 Å². The van der Waals surface area contributed by atoms with Gasteiger partial charge in [-0.25, -0.2) is 0 Å². The summed E-state index contributed by atoms with van der Waals surface area (Å²) in [7, 11) is 0. The predicted octanol–water partition coefficient (Wildman–Crippen LogP) is 4.32. The third-order valence-electron chi connectivity index (χ3n) is 2.96. The summed E-state index contributed by atoms with van der Waals surface area (Å²) in [5.74, 6) is 0. The minimum atomic E-state index is 0.197. The quantitative estimate of drug-likeness (QED) is 0.495. The summed E-state index contributed by atoms with van der Waals surface area (Å²) in [5, 5.41) is 8.54. The monoisotopic (exact) mass is 213 g/mol. The third kappa shape index (κ3) is 2.97. The fourth-order valence-electron chi connectivity index (χ4n) is 1.99. The molecule has 0 aromatic carbocycles. The Bertz CT molecular complexity index is 423. The van der Waals surface area contributed by atoms with Crippen LogP contribution in [0.25, 0.3) is 0 Å². The molecule has 1 aliphatic carbocycles. The highest BCUT2D eigenvalue weighted by atomic mass is 14.3. The van der Waals surface area contributed by atoms with Gasteiger partial charge in [0.25, 0.3) is 0 Å². The van der Waals surface area contributed by atoms with Crippen molar-refractivity contribution in [2.45, 2.75) is 34.1 Å². The van der Waals surface area contributed by atoms with Crippen LogP contribution in [-0.4, -0.2) is 0 Å². The SMILES string of the molecule is CC1=C(/C=C/C(C)=C/C#N)C(C)(C)CC=C1. The van der Waals surface area contributed by atoms with E-state index in [0.717, 1.165) is 12.0 Å². The van der Waals surface area contributed by atoms with Gasteiger partial charge in [0.2, 0.25) is 0 Å². The summed E-state index contributed by atoms with van der Waals surface area (Å²) in [6.07, 6.45) is 11.2. The summed E-state index contributed by atoms with van der Waals surface area (Å²) in [6.45, 7) is 8.59. The molecular weight excluding hydrogens is 194 g/mol. The van der Waals surface area contributed by atoms with E-state index >= 15 is 0 Å². The molecule has 84 valence electrons. The summed E-state index contributed by atoms with van der Waals surface area (Å²) in [5.41, 5.74) is 3.87. The highest BCUT2D eigenvalue weighted by molar-refractivity contribution is 5.42. The van der Waals surface area contributed by atoms with Crippen LogP contribution < -0.4 is 0 Å². The molecule has 0 amide bonds. The van der Waals surface area contributed by atoms with Crippen molar-refractivity contribution in [3.8, 4) is 6.07 Å². The Morgan fingerprint density at radius 1 is 1.50 bits per heavy atom. The van der Waals surface area contributed by atoms with Crippen LogP contribution in [0, 0.1) is 16.7 Å². The summed E-state index contributed by atoms with van der Waals surface area (Å²) >= 11 is 0. The van der Waals surface area contributed by atoms with Gasteiger partial charge in [0, 0.05) is 6.08 Å². The van der Waals surface area contributed by atoms with Crippen LogP contribution in [0.2, 0.25) is 0 Å². The molecule has 0 N–H and O–H groups in total. The molecule has 0 unspecified atom stereocenters. The molecule has 0 aliphatic heterocycles. The zero-order chi connectivity index (χ0) is 12.2. The first-order valence-electron chi connectivity index (χ1n) is 5.60. The second-order valence-electron chi connectivity index (χ2n) is 4.94. The zero-order valence-electron chi connectivity index (χ0n) is 10.5. The molecule has 16 heavy (non-hydrogen) atoms. The first-order valence-corrected chi connectivity index (χ1v) is 5.60. The molecule has 0 bridgehead atoms. The normalized spacial score (nSPS) is 20.3. The fourth-order valence-corrected chi connectivity index (χ4v) is 1.99. The minimum Gasteiger partial charge on any atom is -0.193 e. The molecule has 0 radical (unpaired) electrons. The van der Waals surface area contributed by atoms with E-state index in [-0.39, 0.29) is 5.41 Å². The largest absolute Gasteiger partial charge is 0.193 e. The molecule has 1 aliphatic rings. The highest BCUT2D eigenvalue weighted by Crippen LogP contribution is 2.37. The van der Waals surface area contributed by atoms with Crippen LogP contribution >= 0.6 is 0 Å². The molecule has 0 aromatic rings. The lowest BCUT2D eigenvalue weighted by Gasteiger charge is -2.29. The zero-order valence-corrected chi connectivity index (χ0v) is 10.5.